The van der Waals surface area contributed by atoms with Crippen molar-refractivity contribution in [2.24, 2.45) is 0 Å². The molecule has 0 heterocycles. The molecule has 10 heteroatoms. The van der Waals surface area contributed by atoms with Crippen LogP contribution in [0.3, 0.4) is 0 Å². The van der Waals surface area contributed by atoms with Gasteiger partial charge in [0.1, 0.15) is 0 Å². The number of nitrogens with zero attached hydrogens (tertiary/aromatic N) is 1. The van der Waals surface area contributed by atoms with Crippen LogP contribution >= 0.6 is 11.6 Å². The fourth-order valence-corrected chi connectivity index (χ4v) is 2.37. The van der Waals surface area contributed by atoms with Crippen molar-refractivity contribution >= 4 is 40.7 Å². The highest BCUT2D eigenvalue weighted by Gasteiger charge is 2.25. The van der Waals surface area contributed by atoms with Crippen LogP contribution in [0.25, 0.3) is 0 Å². The minimum Gasteiger partial charge on any atom is -0.437 e. The van der Waals surface area contributed by atoms with E-state index in [1.54, 1.807) is 0 Å². The number of hydrogen-bond acceptors (Lipinski definition) is 8. The summed E-state index contributed by atoms with van der Waals surface area (Å²) < 4.78 is 18.8. The first-order chi connectivity index (χ1) is 13.8. The minimum atomic E-state index is -1.12. The van der Waals surface area contributed by atoms with Crippen LogP contribution in [0.4, 0.5) is 15.3 Å². The zero-order valence-corrected chi connectivity index (χ0v) is 16.4. The fourth-order valence-electron chi connectivity index (χ4n) is 2.24. The summed E-state index contributed by atoms with van der Waals surface area (Å²) in [7, 11) is 3.65. The molecule has 2 aromatic rings. The van der Waals surface area contributed by atoms with Crippen molar-refractivity contribution in [1.82, 2.24) is 0 Å². The van der Waals surface area contributed by atoms with Gasteiger partial charge in [0, 0.05) is 18.3 Å². The van der Waals surface area contributed by atoms with Crippen LogP contribution in [0.5, 0.6) is 11.5 Å². The van der Waals surface area contributed by atoms with Crippen molar-refractivity contribution in [3.05, 3.63) is 53.6 Å². The average Bonchev–Trinajstić information content (AvgIpc) is 2.73. The molecule has 2 rings (SSSR count). The molecule has 0 bridgehead atoms. The largest absolute Gasteiger partial charge is 0.513 e. The molecule has 0 saturated carbocycles. The second-order valence-electron chi connectivity index (χ2n) is 5.43. The molecule has 0 fully saturated rings. The molecular formula is C19H16ClNO8. The number of anilines is 1. The number of para-hydroxylation sites is 1. The van der Waals surface area contributed by atoms with E-state index in [1.807, 2.05) is 0 Å². The first-order valence-electron chi connectivity index (χ1n) is 8.01. The molecule has 9 nitrogen and oxygen atoms in total. The molecule has 0 radical (unpaired) electrons. The predicted octanol–water partition coefficient (Wildman–Crippen LogP) is 3.63. The van der Waals surface area contributed by atoms with Crippen LogP contribution in [-0.2, 0) is 9.47 Å². The SMILES string of the molecule is COC(=O)Oc1cccc(C(=O)N(C)c2ccc(C(=O)Cl)cc2)c1OC(=O)OC. The molecule has 0 aliphatic carbocycles. The molecule has 0 spiro atoms. The standard InChI is InChI=1S/C19H16ClNO8/c1-21(12-9-7-11(8-10-12)16(20)22)17(23)13-5-4-6-14(28-18(24)26-2)15(13)29-19(25)27-3/h4-10H,1-3H3. The van der Waals surface area contributed by atoms with Crippen molar-refractivity contribution in [2.75, 3.05) is 26.2 Å². The van der Waals surface area contributed by atoms with E-state index in [4.69, 9.17) is 21.1 Å². The van der Waals surface area contributed by atoms with Crippen molar-refractivity contribution in [2.45, 2.75) is 0 Å². The minimum absolute atomic E-state index is 0.0863. The Morgan fingerprint density at radius 3 is 2.00 bits per heavy atom. The summed E-state index contributed by atoms with van der Waals surface area (Å²) in [5, 5.41) is -0.632. The molecule has 0 aromatic heterocycles. The second kappa shape index (κ2) is 9.56. The third kappa shape index (κ3) is 5.23. The van der Waals surface area contributed by atoms with Gasteiger partial charge in [0.15, 0.2) is 11.5 Å². The van der Waals surface area contributed by atoms with Crippen molar-refractivity contribution in [1.29, 1.82) is 0 Å². The molecule has 0 N–H and O–H groups in total. The van der Waals surface area contributed by atoms with Crippen LogP contribution in [0.2, 0.25) is 0 Å². The molecule has 0 saturated heterocycles. The number of benzene rings is 2. The van der Waals surface area contributed by atoms with Gasteiger partial charge in [-0.2, -0.15) is 0 Å². The van der Waals surface area contributed by atoms with E-state index in [0.29, 0.717) is 5.69 Å². The highest BCUT2D eigenvalue weighted by atomic mass is 35.5. The summed E-state index contributed by atoms with van der Waals surface area (Å²) in [4.78, 5) is 48.5. The third-order valence-corrected chi connectivity index (χ3v) is 3.93. The lowest BCUT2D eigenvalue weighted by Gasteiger charge is -2.20. The zero-order valence-electron chi connectivity index (χ0n) is 15.6. The van der Waals surface area contributed by atoms with Gasteiger partial charge in [-0.3, -0.25) is 9.59 Å². The number of halogens is 1. The van der Waals surface area contributed by atoms with Crippen molar-refractivity contribution in [3.8, 4) is 11.5 Å². The van der Waals surface area contributed by atoms with Gasteiger partial charge in [0.05, 0.1) is 19.8 Å². The number of carbonyl (C=O) groups excluding carboxylic acids is 4. The number of amides is 1. The van der Waals surface area contributed by atoms with E-state index >= 15 is 0 Å². The molecular weight excluding hydrogens is 406 g/mol. The Balaban J connectivity index is 2.43. The molecule has 0 aliphatic rings. The molecule has 1 amide bonds. The van der Waals surface area contributed by atoms with E-state index in [2.05, 4.69) is 9.47 Å². The fraction of sp³-hybridized carbons (Fsp3) is 0.158. The van der Waals surface area contributed by atoms with Crippen LogP contribution in [0.15, 0.2) is 42.5 Å². The Bertz CT molecular complexity index is 942. The van der Waals surface area contributed by atoms with Gasteiger partial charge in [-0.05, 0) is 48.0 Å². The van der Waals surface area contributed by atoms with E-state index < -0.39 is 23.5 Å². The zero-order chi connectivity index (χ0) is 21.6. The lowest BCUT2D eigenvalue weighted by atomic mass is 10.1. The van der Waals surface area contributed by atoms with Gasteiger partial charge >= 0.3 is 12.3 Å². The Kier molecular flexibility index (Phi) is 7.15. The van der Waals surface area contributed by atoms with Crippen LogP contribution in [0, 0.1) is 0 Å². The maximum absolute atomic E-state index is 13.0. The average molecular weight is 422 g/mol. The Hall–Kier alpha value is -3.59. The highest BCUT2D eigenvalue weighted by Crippen LogP contribution is 2.33. The first-order valence-corrected chi connectivity index (χ1v) is 8.38. The summed E-state index contributed by atoms with van der Waals surface area (Å²) in [6.07, 6.45) is -2.19. The van der Waals surface area contributed by atoms with E-state index in [0.717, 1.165) is 14.2 Å². The van der Waals surface area contributed by atoms with Crippen LogP contribution < -0.4 is 14.4 Å². The van der Waals surface area contributed by atoms with E-state index in [-0.39, 0.29) is 22.6 Å². The number of hydrogen-bond donors (Lipinski definition) is 0. The Morgan fingerprint density at radius 2 is 1.45 bits per heavy atom. The van der Waals surface area contributed by atoms with Gasteiger partial charge in [-0.25, -0.2) is 9.59 Å². The molecule has 0 unspecified atom stereocenters. The van der Waals surface area contributed by atoms with Crippen molar-refractivity contribution < 1.29 is 38.1 Å². The van der Waals surface area contributed by atoms with Gasteiger partial charge < -0.3 is 23.8 Å². The summed E-state index contributed by atoms with van der Waals surface area (Å²) in [6.45, 7) is 0. The van der Waals surface area contributed by atoms with E-state index in [9.17, 15) is 19.2 Å². The quantitative estimate of drug-likeness (QED) is 0.409. The highest BCUT2D eigenvalue weighted by molar-refractivity contribution is 6.67. The van der Waals surface area contributed by atoms with Gasteiger partial charge in [0.2, 0.25) is 0 Å². The number of methoxy groups -OCH3 is 2. The molecule has 0 atom stereocenters. The second-order valence-corrected chi connectivity index (χ2v) is 5.77. The van der Waals surface area contributed by atoms with Gasteiger partial charge in [-0.15, -0.1) is 0 Å². The smallest absolute Gasteiger partial charge is 0.437 e. The van der Waals surface area contributed by atoms with Gasteiger partial charge in [-0.1, -0.05) is 6.07 Å². The van der Waals surface area contributed by atoms with Crippen LogP contribution in [0.1, 0.15) is 20.7 Å². The maximum atomic E-state index is 13.0. The van der Waals surface area contributed by atoms with Gasteiger partial charge in [0.25, 0.3) is 11.1 Å². The number of ether oxygens (including phenoxy) is 4. The summed E-state index contributed by atoms with van der Waals surface area (Å²) >= 11 is 5.42. The normalized spacial score (nSPS) is 9.93. The monoisotopic (exact) mass is 421 g/mol. The first kappa shape index (κ1) is 21.7. The molecule has 2 aromatic carbocycles. The Labute approximate surface area is 170 Å². The lowest BCUT2D eigenvalue weighted by Crippen LogP contribution is -2.27. The number of carbonyl (C=O) groups is 4. The Morgan fingerprint density at radius 1 is 0.862 bits per heavy atom. The van der Waals surface area contributed by atoms with Crippen LogP contribution in [-0.4, -0.2) is 44.7 Å². The molecule has 152 valence electrons. The van der Waals surface area contributed by atoms with Crippen molar-refractivity contribution in [3.63, 3.8) is 0 Å². The van der Waals surface area contributed by atoms with E-state index in [1.165, 1.54) is 54.4 Å². The maximum Gasteiger partial charge on any atom is 0.513 e. The summed E-state index contributed by atoms with van der Waals surface area (Å²) in [5.41, 5.74) is 0.608. The number of rotatable bonds is 5. The molecule has 29 heavy (non-hydrogen) atoms. The third-order valence-electron chi connectivity index (χ3n) is 3.71. The lowest BCUT2D eigenvalue weighted by molar-refractivity contribution is 0.0975. The predicted molar refractivity (Wildman–Crippen MR) is 102 cm³/mol. The summed E-state index contributed by atoms with van der Waals surface area (Å²) in [6, 6.07) is 10.1. The summed E-state index contributed by atoms with van der Waals surface area (Å²) in [5.74, 6) is -1.14. The molecule has 0 aliphatic heterocycles. The topological polar surface area (TPSA) is 108 Å².